The van der Waals surface area contributed by atoms with Crippen molar-refractivity contribution >= 4 is 21.7 Å². The number of rotatable bonds is 6. The number of carbonyl (C=O) groups is 1. The summed E-state index contributed by atoms with van der Waals surface area (Å²) in [7, 11) is -3.59. The van der Waals surface area contributed by atoms with E-state index in [2.05, 4.69) is 4.72 Å². The summed E-state index contributed by atoms with van der Waals surface area (Å²) in [6.45, 7) is 3.10. The Morgan fingerprint density at radius 1 is 0.906 bits per heavy atom. The Hall–Kier alpha value is -3.33. The van der Waals surface area contributed by atoms with Crippen molar-refractivity contribution in [3.8, 4) is 22.3 Å². The van der Waals surface area contributed by atoms with Crippen molar-refractivity contribution in [2.45, 2.75) is 25.3 Å². The molecule has 0 atom stereocenters. The highest BCUT2D eigenvalue weighted by atomic mass is 32.2. The maximum Gasteiger partial charge on any atom is 0.416 e. The number of carboxylic acids is 1. The summed E-state index contributed by atoms with van der Waals surface area (Å²) in [5, 5.41) is 8.75. The molecule has 2 N–H and O–H groups in total. The third-order valence-electron chi connectivity index (χ3n) is 4.88. The monoisotopic (exact) mass is 463 g/mol. The molecule has 0 aliphatic carbocycles. The van der Waals surface area contributed by atoms with Crippen LogP contribution < -0.4 is 4.72 Å². The Balaban J connectivity index is 2.05. The fraction of sp³-hybridized carbons (Fsp3) is 0.174. The number of benzene rings is 3. The zero-order valence-electron chi connectivity index (χ0n) is 17.1. The van der Waals surface area contributed by atoms with Crippen molar-refractivity contribution < 1.29 is 31.5 Å². The van der Waals surface area contributed by atoms with E-state index in [-0.39, 0.29) is 16.7 Å². The quantitative estimate of drug-likeness (QED) is 0.478. The van der Waals surface area contributed by atoms with Crippen molar-refractivity contribution in [2.24, 2.45) is 0 Å². The third-order valence-corrected chi connectivity index (χ3v) is 6.63. The third kappa shape index (κ3) is 4.94. The lowest BCUT2D eigenvalue weighted by Crippen LogP contribution is -2.22. The van der Waals surface area contributed by atoms with Crippen LogP contribution in [0.1, 0.15) is 29.8 Å². The molecule has 0 saturated carbocycles. The first kappa shape index (κ1) is 23.3. The molecule has 3 aromatic carbocycles. The van der Waals surface area contributed by atoms with Gasteiger partial charge in [-0.3, -0.25) is 4.72 Å². The molecule has 0 radical (unpaired) electrons. The Kier molecular flexibility index (Phi) is 6.32. The average Bonchev–Trinajstić information content (AvgIpc) is 2.73. The zero-order chi connectivity index (χ0) is 23.7. The number of nitrogens with one attached hydrogen (secondary N) is 1. The first-order chi connectivity index (χ1) is 14.9. The standard InChI is InChI=1S/C23H20F3NO4S/c1-14(2)32(30,31)27-21-6-4-3-5-18(21)15-7-9-16(10-8-15)20-13-17(23(24,25)26)11-12-19(20)22(28)29/h3-14,27H,1-2H3,(H,28,29). The lowest BCUT2D eigenvalue weighted by atomic mass is 9.95. The van der Waals surface area contributed by atoms with Crippen molar-refractivity contribution in [3.05, 3.63) is 77.9 Å². The largest absolute Gasteiger partial charge is 0.478 e. The van der Waals surface area contributed by atoms with Gasteiger partial charge in [-0.1, -0.05) is 42.5 Å². The summed E-state index contributed by atoms with van der Waals surface area (Å²) in [6.07, 6.45) is -4.61. The van der Waals surface area contributed by atoms with E-state index in [1.807, 2.05) is 0 Å². The molecule has 0 bridgehead atoms. The molecule has 3 aromatic rings. The summed E-state index contributed by atoms with van der Waals surface area (Å²) >= 11 is 0. The van der Waals surface area contributed by atoms with Crippen LogP contribution in [0.4, 0.5) is 18.9 Å². The van der Waals surface area contributed by atoms with E-state index in [9.17, 15) is 31.5 Å². The highest BCUT2D eigenvalue weighted by Crippen LogP contribution is 2.36. The Morgan fingerprint density at radius 3 is 2.00 bits per heavy atom. The van der Waals surface area contributed by atoms with Gasteiger partial charge in [0.2, 0.25) is 10.0 Å². The number of aromatic carboxylic acids is 1. The van der Waals surface area contributed by atoms with Crippen LogP contribution >= 0.6 is 0 Å². The number of hydrogen-bond acceptors (Lipinski definition) is 3. The molecule has 0 aliphatic rings. The fourth-order valence-electron chi connectivity index (χ4n) is 3.07. The van der Waals surface area contributed by atoms with E-state index >= 15 is 0 Å². The van der Waals surface area contributed by atoms with E-state index < -0.39 is 33.0 Å². The van der Waals surface area contributed by atoms with Gasteiger partial charge in [0.1, 0.15) is 0 Å². The highest BCUT2D eigenvalue weighted by molar-refractivity contribution is 7.93. The maximum atomic E-state index is 13.1. The number of carboxylic acid groups (broad SMARTS) is 1. The highest BCUT2D eigenvalue weighted by Gasteiger charge is 2.31. The van der Waals surface area contributed by atoms with Crippen LogP contribution in [-0.2, 0) is 16.2 Å². The molecular formula is C23H20F3NO4S. The molecular weight excluding hydrogens is 443 g/mol. The van der Waals surface area contributed by atoms with E-state index in [0.717, 1.165) is 18.2 Å². The van der Waals surface area contributed by atoms with Crippen LogP contribution in [0.2, 0.25) is 0 Å². The van der Waals surface area contributed by atoms with Crippen LogP contribution in [0.5, 0.6) is 0 Å². The zero-order valence-corrected chi connectivity index (χ0v) is 18.0. The van der Waals surface area contributed by atoms with Crippen molar-refractivity contribution in [1.82, 2.24) is 0 Å². The first-order valence-electron chi connectivity index (χ1n) is 9.56. The molecule has 0 saturated heterocycles. The summed E-state index contributed by atoms with van der Waals surface area (Å²) < 4.78 is 66.5. The van der Waals surface area contributed by atoms with Crippen molar-refractivity contribution in [2.75, 3.05) is 4.72 Å². The van der Waals surface area contributed by atoms with E-state index in [4.69, 9.17) is 0 Å². The lowest BCUT2D eigenvalue weighted by Gasteiger charge is -2.15. The van der Waals surface area contributed by atoms with Gasteiger partial charge in [-0.15, -0.1) is 0 Å². The lowest BCUT2D eigenvalue weighted by molar-refractivity contribution is -0.137. The van der Waals surface area contributed by atoms with Crippen LogP contribution in [0, 0.1) is 0 Å². The van der Waals surface area contributed by atoms with Crippen LogP contribution in [0.15, 0.2) is 66.7 Å². The number of halogens is 3. The van der Waals surface area contributed by atoms with Gasteiger partial charge >= 0.3 is 12.1 Å². The normalized spacial score (nSPS) is 12.1. The smallest absolute Gasteiger partial charge is 0.416 e. The molecule has 5 nitrogen and oxygen atoms in total. The number of hydrogen-bond donors (Lipinski definition) is 2. The van der Waals surface area contributed by atoms with Gasteiger partial charge in [-0.2, -0.15) is 13.2 Å². The minimum absolute atomic E-state index is 0.0623. The van der Waals surface area contributed by atoms with Gasteiger partial charge < -0.3 is 5.11 Å². The number of para-hydroxylation sites is 1. The molecule has 32 heavy (non-hydrogen) atoms. The maximum absolute atomic E-state index is 13.1. The van der Waals surface area contributed by atoms with Crippen molar-refractivity contribution in [3.63, 3.8) is 0 Å². The van der Waals surface area contributed by atoms with Gasteiger partial charge in [-0.05, 0) is 54.8 Å². The van der Waals surface area contributed by atoms with Gasteiger partial charge in [0.05, 0.1) is 22.1 Å². The molecule has 3 rings (SSSR count). The Labute approximate surface area is 183 Å². The second kappa shape index (κ2) is 8.66. The van der Waals surface area contributed by atoms with Crippen LogP contribution in [0.25, 0.3) is 22.3 Å². The van der Waals surface area contributed by atoms with E-state index in [0.29, 0.717) is 16.8 Å². The SMILES string of the molecule is CC(C)S(=O)(=O)Nc1ccccc1-c1ccc(-c2cc(C(F)(F)F)ccc2C(=O)O)cc1. The first-order valence-corrected chi connectivity index (χ1v) is 11.1. The van der Waals surface area contributed by atoms with Gasteiger partial charge in [0.15, 0.2) is 0 Å². The summed E-state index contributed by atoms with van der Waals surface area (Å²) in [5.74, 6) is -1.34. The predicted molar refractivity (Wildman–Crippen MR) is 117 cm³/mol. The molecule has 0 fully saturated rings. The Bertz CT molecular complexity index is 1250. The molecule has 168 valence electrons. The number of anilines is 1. The Morgan fingerprint density at radius 2 is 1.47 bits per heavy atom. The second-order valence-corrected chi connectivity index (χ2v) is 9.62. The minimum atomic E-state index is -4.61. The summed E-state index contributed by atoms with van der Waals surface area (Å²) in [4.78, 5) is 11.5. The van der Waals surface area contributed by atoms with Crippen LogP contribution in [-0.4, -0.2) is 24.7 Å². The molecule has 0 aromatic heterocycles. The van der Waals surface area contributed by atoms with Gasteiger partial charge in [-0.25, -0.2) is 13.2 Å². The number of sulfonamides is 1. The number of alkyl halides is 3. The molecule has 0 aliphatic heterocycles. The second-order valence-electron chi connectivity index (χ2n) is 7.38. The molecule has 0 heterocycles. The molecule has 0 spiro atoms. The minimum Gasteiger partial charge on any atom is -0.478 e. The van der Waals surface area contributed by atoms with E-state index in [1.54, 1.807) is 50.2 Å². The predicted octanol–water partition coefficient (Wildman–Crippen LogP) is 5.89. The van der Waals surface area contributed by atoms with E-state index in [1.165, 1.54) is 12.1 Å². The summed E-state index contributed by atoms with van der Waals surface area (Å²) in [6, 6.07) is 15.4. The average molecular weight is 463 g/mol. The fourth-order valence-corrected chi connectivity index (χ4v) is 3.79. The van der Waals surface area contributed by atoms with Gasteiger partial charge in [0, 0.05) is 5.56 Å². The summed E-state index contributed by atoms with van der Waals surface area (Å²) in [5.41, 5.74) is 0.570. The van der Waals surface area contributed by atoms with Crippen molar-refractivity contribution in [1.29, 1.82) is 0 Å². The molecule has 0 amide bonds. The molecule has 0 unspecified atom stereocenters. The topological polar surface area (TPSA) is 83.5 Å². The van der Waals surface area contributed by atoms with Crippen LogP contribution in [0.3, 0.4) is 0 Å². The van der Waals surface area contributed by atoms with Gasteiger partial charge in [0.25, 0.3) is 0 Å². The molecule has 9 heteroatoms.